The zero-order valence-corrected chi connectivity index (χ0v) is 6.89. The maximum Gasteiger partial charge on any atom is 0.0766 e. The summed E-state index contributed by atoms with van der Waals surface area (Å²) in [5, 5.41) is 0. The van der Waals surface area contributed by atoms with Crippen molar-refractivity contribution in [2.75, 3.05) is 0 Å². The van der Waals surface area contributed by atoms with Gasteiger partial charge in [-0.2, -0.15) is 0 Å². The van der Waals surface area contributed by atoms with Crippen LogP contribution in [0.5, 0.6) is 0 Å². The summed E-state index contributed by atoms with van der Waals surface area (Å²) < 4.78 is 0. The molecule has 0 heterocycles. The fraction of sp³-hybridized carbons (Fsp3) is 0.556. The quantitative estimate of drug-likeness (QED) is 0.444. The number of rotatable bonds is 0. The van der Waals surface area contributed by atoms with Crippen molar-refractivity contribution in [2.45, 2.75) is 26.6 Å². The van der Waals surface area contributed by atoms with E-state index >= 15 is 0 Å². The minimum absolute atomic E-state index is 0.240. The smallest absolute Gasteiger partial charge is 0.0766 e. The van der Waals surface area contributed by atoms with Gasteiger partial charge in [0.25, 0.3) is 0 Å². The molecule has 2 radical (unpaired) electrons. The van der Waals surface area contributed by atoms with Crippen LogP contribution in [-0.2, 0) is 0 Å². The average Bonchev–Trinajstić information content (AvgIpc) is 1.82. The van der Waals surface area contributed by atoms with Crippen LogP contribution in [0.15, 0.2) is 23.3 Å². The molecular formula is C9H13B. The van der Waals surface area contributed by atoms with Crippen LogP contribution in [0.25, 0.3) is 0 Å². The summed E-state index contributed by atoms with van der Waals surface area (Å²) in [7, 11) is 5.87. The zero-order chi connectivity index (χ0) is 7.72. The molecule has 0 aromatic carbocycles. The van der Waals surface area contributed by atoms with Crippen LogP contribution in [0.1, 0.15) is 20.8 Å². The molecule has 2 atom stereocenters. The maximum atomic E-state index is 5.87. The van der Waals surface area contributed by atoms with Gasteiger partial charge in [0.05, 0.1) is 7.85 Å². The van der Waals surface area contributed by atoms with Gasteiger partial charge in [0.15, 0.2) is 0 Å². The molecule has 0 saturated carbocycles. The highest BCUT2D eigenvalue weighted by molar-refractivity contribution is 6.14. The maximum absolute atomic E-state index is 5.87. The highest BCUT2D eigenvalue weighted by Crippen LogP contribution is 2.30. The summed E-state index contributed by atoms with van der Waals surface area (Å²) in [6.45, 7) is 6.37. The summed E-state index contributed by atoms with van der Waals surface area (Å²) in [6, 6.07) is 0. The molecular weight excluding hydrogens is 119 g/mol. The Morgan fingerprint density at radius 1 is 1.40 bits per heavy atom. The van der Waals surface area contributed by atoms with Crippen molar-refractivity contribution in [3.63, 3.8) is 0 Å². The van der Waals surface area contributed by atoms with Crippen molar-refractivity contribution in [1.29, 1.82) is 0 Å². The molecule has 1 aliphatic carbocycles. The molecule has 0 N–H and O–H groups in total. The minimum Gasteiger partial charge on any atom is -0.0789 e. The van der Waals surface area contributed by atoms with E-state index in [2.05, 4.69) is 32.9 Å². The summed E-state index contributed by atoms with van der Waals surface area (Å²) >= 11 is 0. The predicted octanol–water partition coefficient (Wildman–Crippen LogP) is 2.49. The van der Waals surface area contributed by atoms with E-state index < -0.39 is 0 Å². The molecule has 0 aliphatic heterocycles. The van der Waals surface area contributed by atoms with Gasteiger partial charge in [-0.15, -0.1) is 0 Å². The second kappa shape index (κ2) is 2.65. The molecule has 1 rings (SSSR count). The molecule has 52 valence electrons. The van der Waals surface area contributed by atoms with Crippen molar-refractivity contribution in [1.82, 2.24) is 0 Å². The van der Waals surface area contributed by atoms with Crippen molar-refractivity contribution in [2.24, 2.45) is 5.92 Å². The molecule has 0 nitrogen and oxygen atoms in total. The Morgan fingerprint density at radius 3 is 2.50 bits per heavy atom. The lowest BCUT2D eigenvalue weighted by atomic mass is 9.69. The van der Waals surface area contributed by atoms with E-state index in [-0.39, 0.29) is 5.82 Å². The van der Waals surface area contributed by atoms with E-state index in [1.807, 2.05) is 0 Å². The third kappa shape index (κ3) is 1.34. The molecule has 0 amide bonds. The summed E-state index contributed by atoms with van der Waals surface area (Å²) in [5.41, 5.74) is 2.64. The van der Waals surface area contributed by atoms with Gasteiger partial charge in [0.2, 0.25) is 0 Å². The fourth-order valence-corrected chi connectivity index (χ4v) is 1.44. The second-order valence-corrected chi connectivity index (χ2v) is 3.18. The largest absolute Gasteiger partial charge is 0.0789 e. The topological polar surface area (TPSA) is 0 Å². The van der Waals surface area contributed by atoms with Crippen LogP contribution in [0, 0.1) is 5.92 Å². The Hall–Kier alpha value is -0.455. The first-order valence-corrected chi connectivity index (χ1v) is 3.73. The lowest BCUT2D eigenvalue weighted by Crippen LogP contribution is -2.08. The number of hydrogen-bond acceptors (Lipinski definition) is 0. The van der Waals surface area contributed by atoms with Gasteiger partial charge in [0, 0.05) is 0 Å². The van der Waals surface area contributed by atoms with Crippen LogP contribution in [0.3, 0.4) is 0 Å². The van der Waals surface area contributed by atoms with Gasteiger partial charge >= 0.3 is 0 Å². The van der Waals surface area contributed by atoms with Crippen LogP contribution >= 0.6 is 0 Å². The zero-order valence-electron chi connectivity index (χ0n) is 6.89. The van der Waals surface area contributed by atoms with Gasteiger partial charge in [-0.25, -0.2) is 0 Å². The van der Waals surface area contributed by atoms with Crippen LogP contribution in [0.4, 0.5) is 0 Å². The summed E-state index contributed by atoms with van der Waals surface area (Å²) in [5.74, 6) is 0.744. The normalized spacial score (nSPS) is 33.1. The molecule has 0 aromatic rings. The first kappa shape index (κ1) is 7.65. The fourth-order valence-electron chi connectivity index (χ4n) is 1.44. The van der Waals surface area contributed by atoms with Gasteiger partial charge in [-0.1, -0.05) is 36.0 Å². The van der Waals surface area contributed by atoms with Crippen molar-refractivity contribution in [3.05, 3.63) is 23.3 Å². The monoisotopic (exact) mass is 132 g/mol. The highest BCUT2D eigenvalue weighted by atomic mass is 14.2. The lowest BCUT2D eigenvalue weighted by molar-refractivity contribution is 0.698. The Labute approximate surface area is 64.4 Å². The Bertz CT molecular complexity index is 189. The molecule has 1 heteroatoms. The van der Waals surface area contributed by atoms with Crippen molar-refractivity contribution < 1.29 is 0 Å². The molecule has 10 heavy (non-hydrogen) atoms. The molecule has 2 unspecified atom stereocenters. The van der Waals surface area contributed by atoms with E-state index in [0.29, 0.717) is 5.92 Å². The lowest BCUT2D eigenvalue weighted by Gasteiger charge is -2.23. The molecule has 0 bridgehead atoms. The first-order chi connectivity index (χ1) is 4.61. The SMILES string of the molecule is [B]C1C(C)=CC(C)=CC1C. The summed E-state index contributed by atoms with van der Waals surface area (Å²) in [4.78, 5) is 0. The third-order valence-electron chi connectivity index (χ3n) is 2.07. The summed E-state index contributed by atoms with van der Waals surface area (Å²) in [6.07, 6.45) is 4.38. The van der Waals surface area contributed by atoms with Gasteiger partial charge < -0.3 is 0 Å². The van der Waals surface area contributed by atoms with E-state index in [1.54, 1.807) is 0 Å². The van der Waals surface area contributed by atoms with Crippen molar-refractivity contribution in [3.8, 4) is 0 Å². The molecule has 0 saturated heterocycles. The van der Waals surface area contributed by atoms with Crippen LogP contribution < -0.4 is 0 Å². The molecule has 1 aliphatic rings. The van der Waals surface area contributed by atoms with Gasteiger partial charge in [0.1, 0.15) is 0 Å². The Kier molecular flexibility index (Phi) is 2.03. The van der Waals surface area contributed by atoms with Crippen molar-refractivity contribution >= 4 is 7.85 Å². The predicted molar refractivity (Wildman–Crippen MR) is 46.2 cm³/mol. The van der Waals surface area contributed by atoms with E-state index in [9.17, 15) is 0 Å². The molecule has 0 aromatic heterocycles. The Balaban J connectivity index is 2.85. The standard InChI is InChI=1S/C9H13B/c1-6-4-7(2)9(10)8(3)5-6/h4-5,7,9H,1-3H3. The third-order valence-corrected chi connectivity index (χ3v) is 2.07. The van der Waals surface area contributed by atoms with Crippen LogP contribution in [-0.4, -0.2) is 7.85 Å². The van der Waals surface area contributed by atoms with Crippen LogP contribution in [0.2, 0.25) is 5.82 Å². The van der Waals surface area contributed by atoms with Gasteiger partial charge in [-0.05, 0) is 19.8 Å². The highest BCUT2D eigenvalue weighted by Gasteiger charge is 2.14. The average molecular weight is 132 g/mol. The minimum atomic E-state index is 0.240. The Morgan fingerprint density at radius 2 is 2.00 bits per heavy atom. The number of allylic oxidation sites excluding steroid dienone is 4. The first-order valence-electron chi connectivity index (χ1n) is 3.73. The van der Waals surface area contributed by atoms with E-state index in [0.717, 1.165) is 0 Å². The second-order valence-electron chi connectivity index (χ2n) is 3.18. The molecule has 0 fully saturated rings. The number of hydrogen-bond donors (Lipinski definition) is 0. The van der Waals surface area contributed by atoms with E-state index in [4.69, 9.17) is 7.85 Å². The molecule has 0 spiro atoms. The van der Waals surface area contributed by atoms with E-state index in [1.165, 1.54) is 11.1 Å². The van der Waals surface area contributed by atoms with Gasteiger partial charge in [-0.3, -0.25) is 0 Å².